The van der Waals surface area contributed by atoms with Crippen LogP contribution in [0.5, 0.6) is 5.75 Å². The van der Waals surface area contributed by atoms with E-state index in [1.54, 1.807) is 12.1 Å². The lowest BCUT2D eigenvalue weighted by molar-refractivity contribution is 0.469. The molecule has 2 rings (SSSR count). The molecule has 0 aliphatic heterocycles. The maximum Gasteiger partial charge on any atom is 0.120 e. The highest BCUT2D eigenvalue weighted by Gasteiger charge is 2.02. The second-order valence-corrected chi connectivity index (χ2v) is 4.93. The zero-order valence-electron chi connectivity index (χ0n) is 8.95. The lowest BCUT2D eigenvalue weighted by Gasteiger charge is -2.09. The number of phenols is 1. The van der Waals surface area contributed by atoms with E-state index >= 15 is 0 Å². The van der Waals surface area contributed by atoms with Gasteiger partial charge in [0.05, 0.1) is 10.7 Å². The van der Waals surface area contributed by atoms with E-state index in [9.17, 15) is 5.11 Å². The van der Waals surface area contributed by atoms with Gasteiger partial charge in [-0.3, -0.25) is 0 Å². The van der Waals surface area contributed by atoms with Crippen LogP contribution in [-0.2, 0) is 6.54 Å². The standard InChI is InChI=1S/C13H11BrClNO/c14-10-5-6-12(11(15)7-10)16-8-9-3-1-2-4-13(9)17/h1-7,16-17H,8H2. The molecule has 0 aliphatic rings. The van der Waals surface area contributed by atoms with Crippen LogP contribution >= 0.6 is 27.5 Å². The maximum atomic E-state index is 9.62. The van der Waals surface area contributed by atoms with Crippen molar-refractivity contribution >= 4 is 33.2 Å². The van der Waals surface area contributed by atoms with E-state index in [1.807, 2.05) is 30.3 Å². The summed E-state index contributed by atoms with van der Waals surface area (Å²) < 4.78 is 0.940. The molecule has 0 aliphatic carbocycles. The van der Waals surface area contributed by atoms with Crippen molar-refractivity contribution in [3.8, 4) is 5.75 Å². The van der Waals surface area contributed by atoms with Crippen molar-refractivity contribution in [1.82, 2.24) is 0 Å². The van der Waals surface area contributed by atoms with Crippen LogP contribution in [0.4, 0.5) is 5.69 Å². The van der Waals surface area contributed by atoms with Gasteiger partial charge in [-0.25, -0.2) is 0 Å². The lowest BCUT2D eigenvalue weighted by atomic mass is 10.2. The van der Waals surface area contributed by atoms with Crippen LogP contribution in [-0.4, -0.2) is 5.11 Å². The third-order valence-electron chi connectivity index (χ3n) is 2.39. The Morgan fingerprint density at radius 3 is 2.65 bits per heavy atom. The summed E-state index contributed by atoms with van der Waals surface area (Å²) in [4.78, 5) is 0. The first-order valence-electron chi connectivity index (χ1n) is 5.12. The average molecular weight is 313 g/mol. The van der Waals surface area contributed by atoms with Crippen LogP contribution in [0.2, 0.25) is 5.02 Å². The van der Waals surface area contributed by atoms with Crippen LogP contribution in [0.15, 0.2) is 46.9 Å². The molecule has 0 amide bonds. The van der Waals surface area contributed by atoms with Gasteiger partial charge in [0.1, 0.15) is 5.75 Å². The Hall–Kier alpha value is -1.19. The molecule has 0 saturated carbocycles. The molecular formula is C13H11BrClNO. The molecule has 0 fully saturated rings. The van der Waals surface area contributed by atoms with E-state index < -0.39 is 0 Å². The van der Waals surface area contributed by atoms with Gasteiger partial charge in [-0.1, -0.05) is 45.7 Å². The van der Waals surface area contributed by atoms with Crippen LogP contribution < -0.4 is 5.32 Å². The Balaban J connectivity index is 2.10. The number of anilines is 1. The molecule has 2 aromatic rings. The fourth-order valence-electron chi connectivity index (χ4n) is 1.48. The molecule has 0 heterocycles. The van der Waals surface area contributed by atoms with Gasteiger partial charge >= 0.3 is 0 Å². The molecule has 17 heavy (non-hydrogen) atoms. The minimum atomic E-state index is 0.285. The van der Waals surface area contributed by atoms with Gasteiger partial charge < -0.3 is 10.4 Å². The summed E-state index contributed by atoms with van der Waals surface area (Å²) in [5.74, 6) is 0.285. The van der Waals surface area contributed by atoms with Crippen LogP contribution in [0.25, 0.3) is 0 Å². The van der Waals surface area contributed by atoms with Crippen molar-refractivity contribution < 1.29 is 5.11 Å². The zero-order valence-corrected chi connectivity index (χ0v) is 11.3. The summed E-state index contributed by atoms with van der Waals surface area (Å²) in [6, 6.07) is 12.9. The first-order chi connectivity index (χ1) is 8.16. The van der Waals surface area contributed by atoms with E-state index in [4.69, 9.17) is 11.6 Å². The fourth-order valence-corrected chi connectivity index (χ4v) is 2.22. The number of benzene rings is 2. The molecule has 0 aromatic heterocycles. The Morgan fingerprint density at radius 1 is 1.18 bits per heavy atom. The number of hydrogen-bond donors (Lipinski definition) is 2. The smallest absolute Gasteiger partial charge is 0.120 e. The number of phenolic OH excluding ortho intramolecular Hbond substituents is 1. The predicted octanol–water partition coefficient (Wildman–Crippen LogP) is 4.42. The topological polar surface area (TPSA) is 32.3 Å². The highest BCUT2D eigenvalue weighted by Crippen LogP contribution is 2.26. The molecule has 0 unspecified atom stereocenters. The molecule has 88 valence electrons. The first-order valence-corrected chi connectivity index (χ1v) is 6.30. The van der Waals surface area contributed by atoms with Gasteiger partial charge in [0, 0.05) is 16.6 Å². The molecule has 2 aromatic carbocycles. The number of para-hydroxylation sites is 1. The maximum absolute atomic E-state index is 9.62. The molecule has 2 nitrogen and oxygen atoms in total. The fraction of sp³-hybridized carbons (Fsp3) is 0.0769. The Kier molecular flexibility index (Phi) is 3.92. The van der Waals surface area contributed by atoms with Crippen molar-refractivity contribution in [3.63, 3.8) is 0 Å². The van der Waals surface area contributed by atoms with E-state index in [1.165, 1.54) is 0 Å². The number of aromatic hydroxyl groups is 1. The van der Waals surface area contributed by atoms with Gasteiger partial charge in [-0.2, -0.15) is 0 Å². The van der Waals surface area contributed by atoms with E-state index in [2.05, 4.69) is 21.2 Å². The van der Waals surface area contributed by atoms with Gasteiger partial charge in [0.15, 0.2) is 0 Å². The summed E-state index contributed by atoms with van der Waals surface area (Å²) in [7, 11) is 0. The van der Waals surface area contributed by atoms with Gasteiger partial charge in [0.2, 0.25) is 0 Å². The van der Waals surface area contributed by atoms with Gasteiger partial charge in [-0.05, 0) is 24.3 Å². The largest absolute Gasteiger partial charge is 0.508 e. The van der Waals surface area contributed by atoms with Crippen molar-refractivity contribution in [1.29, 1.82) is 0 Å². The molecule has 0 atom stereocenters. The molecule has 0 saturated heterocycles. The Labute approximate surface area is 113 Å². The SMILES string of the molecule is Oc1ccccc1CNc1ccc(Br)cc1Cl. The van der Waals surface area contributed by atoms with Crippen molar-refractivity contribution in [3.05, 3.63) is 57.5 Å². The highest BCUT2D eigenvalue weighted by atomic mass is 79.9. The van der Waals surface area contributed by atoms with Crippen molar-refractivity contribution in [2.24, 2.45) is 0 Å². The highest BCUT2D eigenvalue weighted by molar-refractivity contribution is 9.10. The quantitative estimate of drug-likeness (QED) is 0.879. The second-order valence-electron chi connectivity index (χ2n) is 3.61. The Morgan fingerprint density at radius 2 is 1.94 bits per heavy atom. The van der Waals surface area contributed by atoms with Crippen LogP contribution in [0, 0.1) is 0 Å². The minimum Gasteiger partial charge on any atom is -0.508 e. The molecule has 4 heteroatoms. The zero-order chi connectivity index (χ0) is 12.3. The summed E-state index contributed by atoms with van der Waals surface area (Å²) >= 11 is 9.43. The van der Waals surface area contributed by atoms with E-state index in [0.717, 1.165) is 15.7 Å². The van der Waals surface area contributed by atoms with Crippen molar-refractivity contribution in [2.45, 2.75) is 6.54 Å². The van der Waals surface area contributed by atoms with Crippen LogP contribution in [0.1, 0.15) is 5.56 Å². The molecule has 0 radical (unpaired) electrons. The summed E-state index contributed by atoms with van der Waals surface area (Å²) in [5, 5.41) is 13.5. The number of nitrogens with one attached hydrogen (secondary N) is 1. The number of halogens is 2. The summed E-state index contributed by atoms with van der Waals surface area (Å²) in [6.07, 6.45) is 0. The second kappa shape index (κ2) is 5.43. The number of rotatable bonds is 3. The monoisotopic (exact) mass is 311 g/mol. The van der Waals surface area contributed by atoms with E-state index in [-0.39, 0.29) is 5.75 Å². The third kappa shape index (κ3) is 3.14. The third-order valence-corrected chi connectivity index (χ3v) is 3.20. The van der Waals surface area contributed by atoms with Crippen LogP contribution in [0.3, 0.4) is 0 Å². The van der Waals surface area contributed by atoms with Crippen molar-refractivity contribution in [2.75, 3.05) is 5.32 Å². The minimum absolute atomic E-state index is 0.285. The van der Waals surface area contributed by atoms with Gasteiger partial charge in [0.25, 0.3) is 0 Å². The van der Waals surface area contributed by atoms with E-state index in [0.29, 0.717) is 11.6 Å². The Bertz CT molecular complexity index is 531. The first kappa shape index (κ1) is 12.3. The molecule has 0 bridgehead atoms. The molecule has 0 spiro atoms. The summed E-state index contributed by atoms with van der Waals surface area (Å²) in [6.45, 7) is 0.536. The summed E-state index contributed by atoms with van der Waals surface area (Å²) in [5.41, 5.74) is 1.68. The normalized spacial score (nSPS) is 10.2. The van der Waals surface area contributed by atoms with Gasteiger partial charge in [-0.15, -0.1) is 0 Å². The average Bonchev–Trinajstić information content (AvgIpc) is 2.30. The number of hydrogen-bond acceptors (Lipinski definition) is 2. The molecular weight excluding hydrogens is 302 g/mol. The molecule has 2 N–H and O–H groups in total. The predicted molar refractivity (Wildman–Crippen MR) is 74.6 cm³/mol. The lowest BCUT2D eigenvalue weighted by Crippen LogP contribution is -2.00.